The van der Waals surface area contributed by atoms with Gasteiger partial charge < -0.3 is 4.42 Å². The van der Waals surface area contributed by atoms with Gasteiger partial charge in [0.25, 0.3) is 0 Å². The van der Waals surface area contributed by atoms with Crippen LogP contribution in [0.15, 0.2) is 223 Å². The molecule has 2 aliphatic rings. The maximum absolute atomic E-state index is 6.88. The summed E-state index contributed by atoms with van der Waals surface area (Å²) in [5, 5.41) is 9.85. The number of fused-ring (bicyclic) bond motifs is 7. The van der Waals surface area contributed by atoms with Crippen molar-refractivity contribution in [2.75, 3.05) is 0 Å². The first kappa shape index (κ1) is 33.6. The highest BCUT2D eigenvalue weighted by Gasteiger charge is 2.33. The third kappa shape index (κ3) is 5.32. The Balaban J connectivity index is 1.09. The van der Waals surface area contributed by atoms with Crippen molar-refractivity contribution in [3.63, 3.8) is 0 Å². The van der Waals surface area contributed by atoms with E-state index in [2.05, 4.69) is 218 Å². The first-order valence-electron chi connectivity index (χ1n) is 20.6. The second kappa shape index (κ2) is 13.6. The van der Waals surface area contributed by atoms with E-state index >= 15 is 0 Å². The number of rotatable bonds is 5. The van der Waals surface area contributed by atoms with E-state index in [-0.39, 0.29) is 11.8 Å². The molecule has 0 radical (unpaired) electrons. The minimum absolute atomic E-state index is 0.154. The Morgan fingerprint density at radius 1 is 0.322 bits per heavy atom. The van der Waals surface area contributed by atoms with Gasteiger partial charge >= 0.3 is 0 Å². The van der Waals surface area contributed by atoms with Crippen LogP contribution in [0.1, 0.15) is 11.1 Å². The van der Waals surface area contributed by atoms with Crippen molar-refractivity contribution in [3.8, 4) is 33.4 Å². The molecule has 276 valence electrons. The van der Waals surface area contributed by atoms with E-state index in [9.17, 15) is 0 Å². The zero-order valence-corrected chi connectivity index (χ0v) is 32.3. The third-order valence-corrected chi connectivity index (χ3v) is 12.7. The van der Waals surface area contributed by atoms with Crippen LogP contribution < -0.4 is 10.4 Å². The second-order valence-corrected chi connectivity index (χ2v) is 15.8. The van der Waals surface area contributed by atoms with E-state index in [1.54, 1.807) is 0 Å². The quantitative estimate of drug-likeness (QED) is 0.160. The summed E-state index contributed by atoms with van der Waals surface area (Å²) < 4.78 is 6.88. The first-order valence-corrected chi connectivity index (χ1v) is 20.6. The van der Waals surface area contributed by atoms with Gasteiger partial charge in [0.15, 0.2) is 0 Å². The molecule has 59 heavy (non-hydrogen) atoms. The molecule has 1 nitrogen and oxygen atoms in total. The summed E-state index contributed by atoms with van der Waals surface area (Å²) in [5.41, 5.74) is 14.4. The molecule has 0 N–H and O–H groups in total. The molecule has 2 unspecified atom stereocenters. The summed E-state index contributed by atoms with van der Waals surface area (Å²) in [4.78, 5) is 0. The van der Waals surface area contributed by atoms with Gasteiger partial charge in [0.2, 0.25) is 0 Å². The molecule has 9 aromatic carbocycles. The maximum atomic E-state index is 6.88. The van der Waals surface area contributed by atoms with Gasteiger partial charge in [-0.2, -0.15) is 0 Å². The maximum Gasteiger partial charge on any atom is 0.136 e. The predicted octanol–water partition coefficient (Wildman–Crippen LogP) is 13.7. The molecule has 0 fully saturated rings. The zero-order chi connectivity index (χ0) is 38.9. The Kier molecular flexibility index (Phi) is 7.74. The van der Waals surface area contributed by atoms with Crippen LogP contribution in [-0.2, 0) is 0 Å². The van der Waals surface area contributed by atoms with E-state index < -0.39 is 0 Å². The Morgan fingerprint density at radius 2 is 0.847 bits per heavy atom. The monoisotopic (exact) mass is 750 g/mol. The molecule has 0 saturated heterocycles. The van der Waals surface area contributed by atoms with Gasteiger partial charge in [0, 0.05) is 22.6 Å². The molecule has 1 aromatic heterocycles. The Labute approximate surface area is 342 Å². The highest BCUT2D eigenvalue weighted by Crippen LogP contribution is 2.47. The average molecular weight is 751 g/mol. The SMILES string of the molecule is C1=CC2C(c3cccc(-c4ccccc4)c3)=c3ccccc3=C(c3cccc4oc5cc(-c6c7ccccc7c(-c7ccccc7)c7ccccc67)ccc5c34)C2C=C1. The van der Waals surface area contributed by atoms with Gasteiger partial charge in [-0.25, -0.2) is 0 Å². The summed E-state index contributed by atoms with van der Waals surface area (Å²) >= 11 is 0. The zero-order valence-electron chi connectivity index (χ0n) is 32.3. The fourth-order valence-corrected chi connectivity index (χ4v) is 10.2. The van der Waals surface area contributed by atoms with Gasteiger partial charge in [-0.05, 0) is 112 Å². The lowest BCUT2D eigenvalue weighted by molar-refractivity contribution is 0.668. The Bertz CT molecular complexity index is 3430. The molecular formula is C58H38O. The van der Waals surface area contributed by atoms with Gasteiger partial charge in [0.05, 0.1) is 0 Å². The van der Waals surface area contributed by atoms with E-state index in [4.69, 9.17) is 4.42 Å². The summed E-state index contributed by atoms with van der Waals surface area (Å²) in [7, 11) is 0. The summed E-state index contributed by atoms with van der Waals surface area (Å²) in [6.45, 7) is 0. The van der Waals surface area contributed by atoms with Crippen molar-refractivity contribution in [2.45, 2.75) is 0 Å². The Hall–Kier alpha value is -7.48. The minimum Gasteiger partial charge on any atom is -0.456 e. The van der Waals surface area contributed by atoms with Gasteiger partial charge in [-0.3, -0.25) is 0 Å². The molecule has 1 heteroatoms. The minimum atomic E-state index is 0.154. The second-order valence-electron chi connectivity index (χ2n) is 15.8. The number of hydrogen-bond acceptors (Lipinski definition) is 1. The van der Waals surface area contributed by atoms with Crippen LogP contribution in [-0.4, -0.2) is 0 Å². The van der Waals surface area contributed by atoms with Crippen molar-refractivity contribution in [1.29, 1.82) is 0 Å². The van der Waals surface area contributed by atoms with E-state index in [0.29, 0.717) is 0 Å². The van der Waals surface area contributed by atoms with Crippen molar-refractivity contribution < 1.29 is 4.42 Å². The van der Waals surface area contributed by atoms with Crippen molar-refractivity contribution in [1.82, 2.24) is 0 Å². The van der Waals surface area contributed by atoms with Crippen LogP contribution in [0.3, 0.4) is 0 Å². The number of benzene rings is 9. The smallest absolute Gasteiger partial charge is 0.136 e. The summed E-state index contributed by atoms with van der Waals surface area (Å²) in [5.74, 6) is 0.331. The van der Waals surface area contributed by atoms with Crippen molar-refractivity contribution in [3.05, 3.63) is 240 Å². The van der Waals surface area contributed by atoms with Crippen LogP contribution in [0.2, 0.25) is 0 Å². The molecule has 0 spiro atoms. The van der Waals surface area contributed by atoms with Crippen LogP contribution in [0.4, 0.5) is 0 Å². The Morgan fingerprint density at radius 3 is 1.53 bits per heavy atom. The normalized spacial score (nSPS) is 15.9. The molecule has 10 aromatic rings. The highest BCUT2D eigenvalue weighted by atomic mass is 16.3. The number of furan rings is 1. The lowest BCUT2D eigenvalue weighted by Crippen LogP contribution is -2.40. The fraction of sp³-hybridized carbons (Fsp3) is 0.0345. The van der Waals surface area contributed by atoms with Crippen LogP contribution in [0.5, 0.6) is 0 Å². The molecule has 0 saturated carbocycles. The summed E-state index contributed by atoms with van der Waals surface area (Å²) in [6, 6.07) is 70.8. The standard InChI is InChI=1S/C58H38O/c1-3-17-37(18-4-1)39-21-15-22-40(35-39)55-46-27-11-13-29-48(46)57(49-30-14-12-28-47(49)55)51-31-16-32-52-58(51)50-34-33-41(36-53(50)59-52)56-44-25-9-7-23-42(44)54(38-19-5-2-6-20-38)43-24-8-10-26-45(43)56/h1-36,46,48H. The molecule has 2 atom stereocenters. The molecule has 1 heterocycles. The molecule has 2 aliphatic carbocycles. The molecular weight excluding hydrogens is 713 g/mol. The molecule has 12 rings (SSSR count). The van der Waals surface area contributed by atoms with Crippen LogP contribution in [0, 0.1) is 11.8 Å². The molecule has 0 bridgehead atoms. The largest absolute Gasteiger partial charge is 0.456 e. The van der Waals surface area contributed by atoms with E-state index in [1.165, 1.54) is 87.5 Å². The number of hydrogen-bond donors (Lipinski definition) is 0. The first-order chi connectivity index (χ1) is 29.3. The van der Waals surface area contributed by atoms with Gasteiger partial charge in [-0.15, -0.1) is 0 Å². The highest BCUT2D eigenvalue weighted by molar-refractivity contribution is 6.22. The fourth-order valence-electron chi connectivity index (χ4n) is 10.2. The predicted molar refractivity (Wildman–Crippen MR) is 247 cm³/mol. The lowest BCUT2D eigenvalue weighted by atomic mass is 9.69. The van der Waals surface area contributed by atoms with Gasteiger partial charge in [0.1, 0.15) is 11.2 Å². The number of allylic oxidation sites excluding steroid dienone is 4. The van der Waals surface area contributed by atoms with Gasteiger partial charge in [-0.1, -0.05) is 194 Å². The van der Waals surface area contributed by atoms with Crippen molar-refractivity contribution in [2.24, 2.45) is 11.8 Å². The molecule has 0 amide bonds. The van der Waals surface area contributed by atoms with Crippen LogP contribution >= 0.6 is 0 Å². The lowest BCUT2D eigenvalue weighted by Gasteiger charge is -2.33. The topological polar surface area (TPSA) is 13.1 Å². The van der Waals surface area contributed by atoms with Crippen LogP contribution in [0.25, 0.3) is 88.0 Å². The summed E-state index contributed by atoms with van der Waals surface area (Å²) in [6.07, 6.45) is 9.27. The van der Waals surface area contributed by atoms with Crippen molar-refractivity contribution >= 4 is 54.6 Å². The van der Waals surface area contributed by atoms with E-state index in [0.717, 1.165) is 22.1 Å². The van der Waals surface area contributed by atoms with E-state index in [1.807, 2.05) is 0 Å². The molecule has 0 aliphatic heterocycles. The average Bonchev–Trinajstić information content (AvgIpc) is 3.69. The third-order valence-electron chi connectivity index (χ3n) is 12.7.